The maximum atomic E-state index is 14.3. The molecule has 2 heterocycles. The van der Waals surface area contributed by atoms with E-state index in [1.54, 1.807) is 12.1 Å². The fourth-order valence-electron chi connectivity index (χ4n) is 5.50. The number of nitrogens with one attached hydrogen (secondary N) is 2. The van der Waals surface area contributed by atoms with Gasteiger partial charge in [-0.15, -0.1) is 11.8 Å². The Morgan fingerprint density at radius 2 is 1.57 bits per heavy atom. The van der Waals surface area contributed by atoms with E-state index in [9.17, 15) is 23.2 Å². The van der Waals surface area contributed by atoms with Gasteiger partial charge in [0, 0.05) is 28.6 Å². The summed E-state index contributed by atoms with van der Waals surface area (Å²) in [6, 6.07) is 26.0. The van der Waals surface area contributed by atoms with Crippen molar-refractivity contribution in [3.63, 3.8) is 0 Å². The monoisotopic (exact) mass is 610 g/mol. The fraction of sp³-hybridized carbons (Fsp3) is 0.147. The number of aromatic amines is 1. The van der Waals surface area contributed by atoms with Gasteiger partial charge in [0.1, 0.15) is 17.7 Å². The number of thioether (sulfide) groups is 1. The minimum absolute atomic E-state index is 0.0238. The highest BCUT2D eigenvalue weighted by molar-refractivity contribution is 7.99. The Kier molecular flexibility index (Phi) is 8.28. The van der Waals surface area contributed by atoms with Crippen LogP contribution in [0.3, 0.4) is 0 Å². The Balaban J connectivity index is 1.41. The number of carbonyl (C=O) groups is 3. The van der Waals surface area contributed by atoms with Gasteiger partial charge in [-0.05, 0) is 52.9 Å². The van der Waals surface area contributed by atoms with Crippen molar-refractivity contribution in [2.24, 2.45) is 5.73 Å². The van der Waals surface area contributed by atoms with Crippen LogP contribution in [0.2, 0.25) is 0 Å². The fourth-order valence-corrected chi connectivity index (χ4v) is 6.84. The first-order valence-corrected chi connectivity index (χ1v) is 14.9. The summed E-state index contributed by atoms with van der Waals surface area (Å²) in [5.74, 6) is -3.89. The first-order chi connectivity index (χ1) is 21.3. The van der Waals surface area contributed by atoms with E-state index in [-0.39, 0.29) is 12.0 Å². The number of amides is 3. The summed E-state index contributed by atoms with van der Waals surface area (Å²) in [7, 11) is 0. The zero-order valence-electron chi connectivity index (χ0n) is 23.4. The molecule has 0 radical (unpaired) electrons. The quantitative estimate of drug-likeness (QED) is 0.217. The van der Waals surface area contributed by atoms with Crippen molar-refractivity contribution in [2.75, 3.05) is 5.32 Å². The third-order valence-electron chi connectivity index (χ3n) is 7.49. The normalized spacial score (nSPS) is 16.9. The van der Waals surface area contributed by atoms with Gasteiger partial charge in [-0.25, -0.2) is 8.78 Å². The summed E-state index contributed by atoms with van der Waals surface area (Å²) in [5.41, 5.74) is 9.31. The summed E-state index contributed by atoms with van der Waals surface area (Å²) in [6.07, 6.45) is -0.466. The van der Waals surface area contributed by atoms with Crippen LogP contribution in [0, 0.1) is 11.6 Å². The van der Waals surface area contributed by atoms with Crippen molar-refractivity contribution in [1.82, 2.24) is 9.88 Å². The van der Waals surface area contributed by atoms with Crippen molar-refractivity contribution in [3.8, 4) is 0 Å². The van der Waals surface area contributed by atoms with Crippen LogP contribution in [0.15, 0.2) is 108 Å². The molecule has 4 aromatic carbocycles. The number of H-pyrrole nitrogens is 1. The number of rotatable bonds is 7. The first kappa shape index (κ1) is 29.3. The Hall–Kier alpha value is -4.80. The van der Waals surface area contributed by atoms with Crippen molar-refractivity contribution in [3.05, 3.63) is 132 Å². The van der Waals surface area contributed by atoms with Crippen LogP contribution in [0.5, 0.6) is 0 Å². The molecule has 0 saturated carbocycles. The average Bonchev–Trinajstić information content (AvgIpc) is 3.34. The van der Waals surface area contributed by atoms with Crippen LogP contribution in [-0.4, -0.2) is 39.7 Å². The van der Waals surface area contributed by atoms with Gasteiger partial charge in [0.25, 0.3) is 0 Å². The number of imide groups is 1. The molecule has 0 spiro atoms. The van der Waals surface area contributed by atoms with Crippen LogP contribution < -0.4 is 11.1 Å². The topological polar surface area (TPSA) is 108 Å². The Morgan fingerprint density at radius 1 is 0.886 bits per heavy atom. The second kappa shape index (κ2) is 12.4. The Morgan fingerprint density at radius 3 is 2.32 bits per heavy atom. The lowest BCUT2D eigenvalue weighted by Crippen LogP contribution is -2.57. The second-order valence-electron chi connectivity index (χ2n) is 10.6. The molecule has 44 heavy (non-hydrogen) atoms. The van der Waals surface area contributed by atoms with Crippen LogP contribution in [0.25, 0.3) is 10.9 Å². The lowest BCUT2D eigenvalue weighted by atomic mass is 9.99. The van der Waals surface area contributed by atoms with Crippen molar-refractivity contribution >= 4 is 46.1 Å². The van der Waals surface area contributed by atoms with Crippen molar-refractivity contribution in [2.45, 2.75) is 35.1 Å². The number of benzene rings is 4. The van der Waals surface area contributed by atoms with Gasteiger partial charge in [0.05, 0.1) is 23.4 Å². The average molecular weight is 611 g/mol. The molecule has 3 atom stereocenters. The van der Waals surface area contributed by atoms with Gasteiger partial charge in [-0.1, -0.05) is 60.7 Å². The molecule has 1 aliphatic rings. The molecule has 1 aromatic heterocycles. The van der Waals surface area contributed by atoms with Crippen LogP contribution in [0.1, 0.15) is 22.1 Å². The predicted octanol–water partition coefficient (Wildman–Crippen LogP) is 5.77. The second-order valence-corrected chi connectivity index (χ2v) is 11.8. The highest BCUT2D eigenvalue weighted by atomic mass is 32.2. The molecule has 5 aromatic rings. The van der Waals surface area contributed by atoms with E-state index < -0.39 is 53.1 Å². The lowest BCUT2D eigenvalue weighted by Gasteiger charge is -2.34. The molecular weight excluding hydrogens is 582 g/mol. The summed E-state index contributed by atoms with van der Waals surface area (Å²) in [5, 5.41) is 3.10. The number of aromatic nitrogens is 1. The number of anilines is 1. The third kappa shape index (κ3) is 6.13. The van der Waals surface area contributed by atoms with Crippen LogP contribution in [-0.2, 0) is 27.2 Å². The number of hydrogen-bond acceptors (Lipinski definition) is 5. The van der Waals surface area contributed by atoms with Gasteiger partial charge in [-0.3, -0.25) is 19.3 Å². The molecule has 0 aliphatic carbocycles. The number of nitrogens with zero attached hydrogens (tertiary/aromatic N) is 1. The summed E-state index contributed by atoms with van der Waals surface area (Å²) in [6.45, 7) is 0. The van der Waals surface area contributed by atoms with Crippen LogP contribution in [0.4, 0.5) is 14.5 Å². The summed E-state index contributed by atoms with van der Waals surface area (Å²) in [4.78, 5) is 47.3. The molecule has 0 unspecified atom stereocenters. The van der Waals surface area contributed by atoms with Crippen LogP contribution >= 0.6 is 11.8 Å². The van der Waals surface area contributed by atoms with Crippen molar-refractivity contribution in [1.29, 1.82) is 0 Å². The minimum Gasteiger partial charge on any atom is -0.358 e. The van der Waals surface area contributed by atoms with E-state index in [1.165, 1.54) is 11.8 Å². The summed E-state index contributed by atoms with van der Waals surface area (Å²) < 4.78 is 28.2. The molecule has 6 rings (SSSR count). The van der Waals surface area contributed by atoms with Crippen molar-refractivity contribution < 1.29 is 23.2 Å². The number of fused-ring (bicyclic) bond motifs is 2. The SMILES string of the molecule is N[C@@H](Cc1cc2ccccc2[nH]1)C(=O)N(C(=O)Cc1cc(F)cc(F)c1)[C@@H]1C(=O)Nc2ccccc2S[C@@H]1c1ccccc1. The van der Waals surface area contributed by atoms with E-state index in [0.29, 0.717) is 23.0 Å². The Labute approximate surface area is 256 Å². The first-order valence-electron chi connectivity index (χ1n) is 14.0. The molecule has 10 heteroatoms. The van der Waals surface area contributed by atoms with E-state index in [1.807, 2.05) is 72.8 Å². The highest BCUT2D eigenvalue weighted by Gasteiger charge is 2.44. The zero-order valence-corrected chi connectivity index (χ0v) is 24.2. The molecule has 0 saturated heterocycles. The molecular formula is C34H28F2N4O3S. The van der Waals surface area contributed by atoms with E-state index in [0.717, 1.165) is 32.8 Å². The third-order valence-corrected chi connectivity index (χ3v) is 8.88. The molecule has 3 amide bonds. The number of halogens is 2. The zero-order chi connectivity index (χ0) is 30.8. The number of carbonyl (C=O) groups excluding carboxylic acids is 3. The molecule has 7 nitrogen and oxygen atoms in total. The lowest BCUT2D eigenvalue weighted by molar-refractivity contribution is -0.151. The molecule has 0 bridgehead atoms. The van der Waals surface area contributed by atoms with Gasteiger partial charge in [-0.2, -0.15) is 0 Å². The largest absolute Gasteiger partial charge is 0.358 e. The summed E-state index contributed by atoms with van der Waals surface area (Å²) >= 11 is 1.34. The predicted molar refractivity (Wildman–Crippen MR) is 166 cm³/mol. The van der Waals surface area contributed by atoms with E-state index in [2.05, 4.69) is 10.3 Å². The maximum Gasteiger partial charge on any atom is 0.249 e. The molecule has 1 aliphatic heterocycles. The standard InChI is InChI=1S/C34H28F2N4O3S/c35-23-14-20(15-24(36)18-23)16-30(41)40(34(43)26(37)19-25-17-22-10-4-5-11-27(22)38-25)31-32(21-8-2-1-3-9-21)44-29-13-7-6-12-28(29)39-33(31)42/h1-15,17-18,26,31-32,38H,16,19,37H2,(H,39,42)/t26-,31-,32+/m0/s1. The van der Waals surface area contributed by atoms with E-state index in [4.69, 9.17) is 5.73 Å². The molecule has 222 valence electrons. The van der Waals surface area contributed by atoms with Gasteiger partial charge >= 0.3 is 0 Å². The van der Waals surface area contributed by atoms with Gasteiger partial charge < -0.3 is 16.0 Å². The Bertz CT molecular complexity index is 1810. The van der Waals surface area contributed by atoms with Gasteiger partial charge in [0.2, 0.25) is 17.7 Å². The number of hydrogen-bond donors (Lipinski definition) is 3. The number of nitrogens with two attached hydrogens (primary N) is 1. The molecule has 0 fully saturated rings. The highest BCUT2D eigenvalue weighted by Crippen LogP contribution is 2.45. The molecule has 4 N–H and O–H groups in total. The minimum atomic E-state index is -1.33. The smallest absolute Gasteiger partial charge is 0.249 e. The number of para-hydroxylation sites is 2. The van der Waals surface area contributed by atoms with E-state index >= 15 is 0 Å². The van der Waals surface area contributed by atoms with Gasteiger partial charge in [0.15, 0.2) is 0 Å². The maximum absolute atomic E-state index is 14.3.